The summed E-state index contributed by atoms with van der Waals surface area (Å²) in [7, 11) is 0. The molecular weight excluding hydrogens is 378 g/mol. The van der Waals surface area contributed by atoms with E-state index >= 15 is 0 Å². The van der Waals surface area contributed by atoms with Crippen molar-refractivity contribution in [2.75, 3.05) is 22.5 Å². The van der Waals surface area contributed by atoms with Gasteiger partial charge in [-0.3, -0.25) is 9.59 Å². The van der Waals surface area contributed by atoms with E-state index in [4.69, 9.17) is 16.3 Å². The SMILES string of the molecule is CCCC(=O)Nc1ccc(Cl)c(NC(=O)CNc2ccccc2OC(C)C)c1. The minimum Gasteiger partial charge on any atom is -0.489 e. The van der Waals surface area contributed by atoms with Gasteiger partial charge in [0.25, 0.3) is 0 Å². The van der Waals surface area contributed by atoms with Crippen molar-refractivity contribution < 1.29 is 14.3 Å². The lowest BCUT2D eigenvalue weighted by atomic mass is 10.2. The molecule has 0 unspecified atom stereocenters. The molecule has 0 fully saturated rings. The molecule has 0 saturated heterocycles. The molecule has 2 aromatic rings. The smallest absolute Gasteiger partial charge is 0.243 e. The van der Waals surface area contributed by atoms with Crippen molar-refractivity contribution in [1.29, 1.82) is 0 Å². The Morgan fingerprint density at radius 1 is 1.04 bits per heavy atom. The highest BCUT2D eigenvalue weighted by Gasteiger charge is 2.10. The lowest BCUT2D eigenvalue weighted by Crippen LogP contribution is -2.22. The number of hydrogen-bond donors (Lipinski definition) is 3. The fourth-order valence-corrected chi connectivity index (χ4v) is 2.65. The molecule has 3 N–H and O–H groups in total. The third kappa shape index (κ3) is 6.78. The third-order valence-electron chi connectivity index (χ3n) is 3.69. The van der Waals surface area contributed by atoms with Gasteiger partial charge >= 0.3 is 0 Å². The van der Waals surface area contributed by atoms with E-state index in [-0.39, 0.29) is 24.5 Å². The van der Waals surface area contributed by atoms with E-state index < -0.39 is 0 Å². The second-order valence-electron chi connectivity index (χ2n) is 6.56. The first kappa shape index (κ1) is 21.6. The number of halogens is 1. The van der Waals surface area contributed by atoms with Crippen LogP contribution < -0.4 is 20.7 Å². The summed E-state index contributed by atoms with van der Waals surface area (Å²) < 4.78 is 5.73. The third-order valence-corrected chi connectivity index (χ3v) is 4.02. The van der Waals surface area contributed by atoms with E-state index in [2.05, 4.69) is 16.0 Å². The molecule has 0 atom stereocenters. The van der Waals surface area contributed by atoms with Gasteiger partial charge in [0, 0.05) is 12.1 Å². The summed E-state index contributed by atoms with van der Waals surface area (Å²) in [5.41, 5.74) is 1.76. The number of nitrogens with one attached hydrogen (secondary N) is 3. The van der Waals surface area contributed by atoms with Crippen molar-refractivity contribution in [1.82, 2.24) is 0 Å². The van der Waals surface area contributed by atoms with Gasteiger partial charge in [0.05, 0.1) is 29.0 Å². The fourth-order valence-electron chi connectivity index (χ4n) is 2.49. The summed E-state index contributed by atoms with van der Waals surface area (Å²) >= 11 is 6.17. The minimum atomic E-state index is -0.265. The number of benzene rings is 2. The summed E-state index contributed by atoms with van der Waals surface area (Å²) in [6.45, 7) is 5.86. The number of amides is 2. The Morgan fingerprint density at radius 2 is 1.79 bits per heavy atom. The predicted molar refractivity (Wildman–Crippen MR) is 114 cm³/mol. The van der Waals surface area contributed by atoms with Crippen molar-refractivity contribution in [2.24, 2.45) is 0 Å². The summed E-state index contributed by atoms with van der Waals surface area (Å²) in [4.78, 5) is 24.1. The number of anilines is 3. The Morgan fingerprint density at radius 3 is 2.50 bits per heavy atom. The molecule has 0 bridgehead atoms. The van der Waals surface area contributed by atoms with Gasteiger partial charge in [-0.05, 0) is 50.6 Å². The molecule has 6 nitrogen and oxygen atoms in total. The molecule has 2 amide bonds. The molecule has 0 aliphatic carbocycles. The number of carbonyl (C=O) groups is 2. The van der Waals surface area contributed by atoms with Crippen LogP contribution in [-0.2, 0) is 9.59 Å². The van der Waals surface area contributed by atoms with E-state index in [0.29, 0.717) is 28.6 Å². The first-order chi connectivity index (χ1) is 13.4. The van der Waals surface area contributed by atoms with E-state index in [1.807, 2.05) is 45.0 Å². The maximum atomic E-state index is 12.3. The number of para-hydroxylation sites is 2. The van der Waals surface area contributed by atoms with Crippen LogP contribution >= 0.6 is 11.6 Å². The Balaban J connectivity index is 1.99. The Bertz CT molecular complexity index is 824. The number of rotatable bonds is 9. The maximum Gasteiger partial charge on any atom is 0.243 e. The van der Waals surface area contributed by atoms with Gasteiger partial charge in [0.2, 0.25) is 11.8 Å². The molecule has 0 heterocycles. The summed E-state index contributed by atoms with van der Waals surface area (Å²) in [5.74, 6) is 0.341. The van der Waals surface area contributed by atoms with Crippen LogP contribution in [0.1, 0.15) is 33.6 Å². The topological polar surface area (TPSA) is 79.5 Å². The standard InChI is InChI=1S/C21H26ClN3O3/c1-4-7-20(26)24-15-10-11-16(22)18(12-15)25-21(27)13-23-17-8-5-6-9-19(17)28-14(2)3/h5-6,8-12,14,23H,4,7,13H2,1-3H3,(H,24,26)(H,25,27). The van der Waals surface area contributed by atoms with E-state index in [0.717, 1.165) is 12.1 Å². The van der Waals surface area contributed by atoms with Crippen molar-refractivity contribution in [3.8, 4) is 5.75 Å². The molecule has 150 valence electrons. The highest BCUT2D eigenvalue weighted by Crippen LogP contribution is 2.27. The molecule has 0 aromatic heterocycles. The lowest BCUT2D eigenvalue weighted by molar-refractivity contribution is -0.116. The van der Waals surface area contributed by atoms with Gasteiger partial charge in [-0.1, -0.05) is 30.7 Å². The number of ether oxygens (including phenoxy) is 1. The molecule has 2 aromatic carbocycles. The van der Waals surface area contributed by atoms with Crippen LogP contribution in [0, 0.1) is 0 Å². The van der Waals surface area contributed by atoms with Gasteiger partial charge in [0.1, 0.15) is 5.75 Å². The maximum absolute atomic E-state index is 12.3. The fraction of sp³-hybridized carbons (Fsp3) is 0.333. The van der Waals surface area contributed by atoms with E-state index in [1.54, 1.807) is 18.2 Å². The molecular formula is C21H26ClN3O3. The molecule has 0 saturated carbocycles. The molecule has 0 aliphatic rings. The number of carbonyl (C=O) groups excluding carboxylic acids is 2. The van der Waals surface area contributed by atoms with Crippen LogP contribution in [0.5, 0.6) is 5.75 Å². The Kier molecular flexibility index (Phi) is 8.14. The average Bonchev–Trinajstić information content (AvgIpc) is 2.63. The van der Waals surface area contributed by atoms with Crippen molar-refractivity contribution in [3.63, 3.8) is 0 Å². The zero-order valence-corrected chi connectivity index (χ0v) is 17.1. The predicted octanol–water partition coefficient (Wildman–Crippen LogP) is 4.92. The molecule has 0 radical (unpaired) electrons. The molecule has 2 rings (SSSR count). The quantitative estimate of drug-likeness (QED) is 0.555. The molecule has 28 heavy (non-hydrogen) atoms. The Hall–Kier alpha value is -2.73. The normalized spacial score (nSPS) is 10.5. The zero-order valence-electron chi connectivity index (χ0n) is 16.3. The Labute approximate surface area is 170 Å². The first-order valence-electron chi connectivity index (χ1n) is 9.27. The summed E-state index contributed by atoms with van der Waals surface area (Å²) in [6, 6.07) is 12.4. The largest absolute Gasteiger partial charge is 0.489 e. The monoisotopic (exact) mass is 403 g/mol. The van der Waals surface area contributed by atoms with E-state index in [9.17, 15) is 9.59 Å². The van der Waals surface area contributed by atoms with Crippen molar-refractivity contribution in [3.05, 3.63) is 47.5 Å². The molecule has 0 aliphatic heterocycles. The van der Waals surface area contributed by atoms with E-state index in [1.165, 1.54) is 0 Å². The van der Waals surface area contributed by atoms with Gasteiger partial charge in [-0.25, -0.2) is 0 Å². The van der Waals surface area contributed by atoms with Gasteiger partial charge in [0.15, 0.2) is 0 Å². The highest BCUT2D eigenvalue weighted by atomic mass is 35.5. The summed E-state index contributed by atoms with van der Waals surface area (Å²) in [5, 5.41) is 9.01. The summed E-state index contributed by atoms with van der Waals surface area (Å²) in [6.07, 6.45) is 1.23. The highest BCUT2D eigenvalue weighted by molar-refractivity contribution is 6.33. The van der Waals surface area contributed by atoms with Crippen LogP contribution in [0.3, 0.4) is 0 Å². The van der Waals surface area contributed by atoms with Gasteiger partial charge in [-0.2, -0.15) is 0 Å². The molecule has 0 spiro atoms. The molecule has 7 heteroatoms. The van der Waals surface area contributed by atoms with Crippen LogP contribution in [0.2, 0.25) is 5.02 Å². The number of hydrogen-bond acceptors (Lipinski definition) is 4. The zero-order chi connectivity index (χ0) is 20.5. The van der Waals surface area contributed by atoms with Crippen LogP contribution in [0.15, 0.2) is 42.5 Å². The van der Waals surface area contributed by atoms with Crippen LogP contribution in [0.4, 0.5) is 17.1 Å². The second-order valence-corrected chi connectivity index (χ2v) is 6.96. The second kappa shape index (κ2) is 10.6. The van der Waals surface area contributed by atoms with Gasteiger partial charge in [-0.15, -0.1) is 0 Å². The van der Waals surface area contributed by atoms with Crippen molar-refractivity contribution in [2.45, 2.75) is 39.7 Å². The minimum absolute atomic E-state index is 0.0289. The first-order valence-corrected chi connectivity index (χ1v) is 9.65. The average molecular weight is 404 g/mol. The lowest BCUT2D eigenvalue weighted by Gasteiger charge is -2.15. The van der Waals surface area contributed by atoms with Crippen molar-refractivity contribution >= 4 is 40.5 Å². The van der Waals surface area contributed by atoms with Crippen LogP contribution in [-0.4, -0.2) is 24.5 Å². The van der Waals surface area contributed by atoms with Gasteiger partial charge < -0.3 is 20.7 Å². The van der Waals surface area contributed by atoms with Crippen LogP contribution in [0.25, 0.3) is 0 Å².